The van der Waals surface area contributed by atoms with E-state index in [1.807, 2.05) is 11.8 Å². The molecule has 3 aliphatic rings. The lowest BCUT2D eigenvalue weighted by atomic mass is 10.0. The van der Waals surface area contributed by atoms with Gasteiger partial charge in [0.15, 0.2) is 0 Å². The first-order valence-corrected chi connectivity index (χ1v) is 9.17. The van der Waals surface area contributed by atoms with E-state index in [-0.39, 0.29) is 23.7 Å². The molecule has 19 heavy (non-hydrogen) atoms. The number of hydrogen-bond donors (Lipinski definition) is 1. The summed E-state index contributed by atoms with van der Waals surface area (Å²) >= 11 is 0. The van der Waals surface area contributed by atoms with Crippen molar-refractivity contribution in [2.24, 2.45) is 5.92 Å². The van der Waals surface area contributed by atoms with Crippen molar-refractivity contribution in [2.75, 3.05) is 12.0 Å². The van der Waals surface area contributed by atoms with Gasteiger partial charge in [-0.3, -0.25) is 14.3 Å². The third kappa shape index (κ3) is 2.35. The molecule has 108 valence electrons. The Bertz CT molecular complexity index is 402. The summed E-state index contributed by atoms with van der Waals surface area (Å²) < 4.78 is 11.5. The molecule has 1 N–H and O–H groups in total. The lowest BCUT2D eigenvalue weighted by Crippen LogP contribution is -2.48. The number of carbonyl (C=O) groups is 1. The van der Waals surface area contributed by atoms with Crippen LogP contribution >= 0.6 is 0 Å². The van der Waals surface area contributed by atoms with Crippen LogP contribution in [0, 0.1) is 5.92 Å². The molecular formula is C14H24N2O2S. The molecule has 4 nitrogen and oxygen atoms in total. The van der Waals surface area contributed by atoms with Gasteiger partial charge in [-0.2, -0.15) is 0 Å². The molecule has 0 aromatic rings. The molecule has 3 rings (SSSR count). The molecule has 0 aromatic heterocycles. The Kier molecular flexibility index (Phi) is 3.46. The Balaban J connectivity index is 1.80. The van der Waals surface area contributed by atoms with E-state index >= 15 is 0 Å². The number of amides is 1. The molecular weight excluding hydrogens is 260 g/mol. The van der Waals surface area contributed by atoms with Gasteiger partial charge in [0.25, 0.3) is 0 Å². The van der Waals surface area contributed by atoms with Crippen LogP contribution in [0.4, 0.5) is 0 Å². The average molecular weight is 284 g/mol. The number of hydrogen-bond acceptors (Lipinski definition) is 3. The van der Waals surface area contributed by atoms with Gasteiger partial charge in [-0.25, -0.2) is 0 Å². The maximum atomic E-state index is 12.6. The van der Waals surface area contributed by atoms with Gasteiger partial charge in [0.05, 0.1) is 11.7 Å². The number of rotatable bonds is 4. The maximum absolute atomic E-state index is 12.6. The average Bonchev–Trinajstić information content (AvgIpc) is 2.82. The Labute approximate surface area is 117 Å². The fraction of sp³-hybridized carbons (Fsp3) is 0.929. The van der Waals surface area contributed by atoms with Crippen LogP contribution in [0.1, 0.15) is 45.4 Å². The van der Waals surface area contributed by atoms with Crippen LogP contribution in [0.25, 0.3) is 0 Å². The van der Waals surface area contributed by atoms with E-state index in [0.29, 0.717) is 11.7 Å². The minimum Gasteiger partial charge on any atom is -0.322 e. The SMILES string of the molecule is CC(CS(C)=O)N1C(=O)C2(CC2)NC1C1CCCC1. The summed E-state index contributed by atoms with van der Waals surface area (Å²) in [4.78, 5) is 14.7. The van der Waals surface area contributed by atoms with E-state index in [1.165, 1.54) is 25.7 Å². The molecule has 1 heterocycles. The normalized spacial score (nSPS) is 33.1. The Morgan fingerprint density at radius 2 is 2.05 bits per heavy atom. The van der Waals surface area contributed by atoms with Gasteiger partial charge in [-0.1, -0.05) is 12.8 Å². The van der Waals surface area contributed by atoms with Crippen molar-refractivity contribution < 1.29 is 9.00 Å². The lowest BCUT2D eigenvalue weighted by Gasteiger charge is -2.33. The van der Waals surface area contributed by atoms with Gasteiger partial charge in [-0.05, 0) is 38.5 Å². The molecule has 0 radical (unpaired) electrons. The highest BCUT2D eigenvalue weighted by molar-refractivity contribution is 7.84. The molecule has 2 aliphatic carbocycles. The van der Waals surface area contributed by atoms with Crippen LogP contribution in [0.5, 0.6) is 0 Å². The van der Waals surface area contributed by atoms with Crippen LogP contribution in [-0.4, -0.2) is 44.8 Å². The van der Waals surface area contributed by atoms with Crippen LogP contribution in [0.3, 0.4) is 0 Å². The fourth-order valence-corrected chi connectivity index (χ4v) is 4.62. The van der Waals surface area contributed by atoms with Crippen LogP contribution in [-0.2, 0) is 15.6 Å². The molecule has 1 spiro atoms. The lowest BCUT2D eigenvalue weighted by molar-refractivity contribution is -0.132. The second-order valence-electron chi connectivity index (χ2n) is 6.52. The Morgan fingerprint density at radius 3 is 2.58 bits per heavy atom. The largest absolute Gasteiger partial charge is 0.322 e. The van der Waals surface area contributed by atoms with Crippen LogP contribution in [0.15, 0.2) is 0 Å². The van der Waals surface area contributed by atoms with Crippen LogP contribution < -0.4 is 5.32 Å². The van der Waals surface area contributed by atoms with Gasteiger partial charge in [0.1, 0.15) is 0 Å². The minimum absolute atomic E-state index is 0.0800. The zero-order valence-electron chi connectivity index (χ0n) is 11.9. The summed E-state index contributed by atoms with van der Waals surface area (Å²) in [6.45, 7) is 2.05. The topological polar surface area (TPSA) is 49.4 Å². The highest BCUT2D eigenvalue weighted by Gasteiger charge is 2.61. The van der Waals surface area contributed by atoms with Crippen molar-refractivity contribution >= 4 is 16.7 Å². The fourth-order valence-electron chi connectivity index (χ4n) is 3.78. The maximum Gasteiger partial charge on any atom is 0.244 e. The van der Waals surface area contributed by atoms with Gasteiger partial charge in [0.2, 0.25) is 5.91 Å². The van der Waals surface area contributed by atoms with E-state index < -0.39 is 10.8 Å². The Hall–Kier alpha value is -0.420. The summed E-state index contributed by atoms with van der Waals surface area (Å²) in [6.07, 6.45) is 8.89. The summed E-state index contributed by atoms with van der Waals surface area (Å²) in [7, 11) is -0.849. The zero-order valence-corrected chi connectivity index (χ0v) is 12.7. The summed E-state index contributed by atoms with van der Waals surface area (Å²) in [5.74, 6) is 1.45. The number of carbonyl (C=O) groups excluding carboxylic acids is 1. The smallest absolute Gasteiger partial charge is 0.244 e. The van der Waals surface area contributed by atoms with Gasteiger partial charge < -0.3 is 4.90 Å². The number of nitrogens with one attached hydrogen (secondary N) is 1. The van der Waals surface area contributed by atoms with Crippen molar-refractivity contribution in [3.05, 3.63) is 0 Å². The van der Waals surface area contributed by atoms with Crippen molar-refractivity contribution in [1.29, 1.82) is 0 Å². The second kappa shape index (κ2) is 4.85. The third-order valence-corrected chi connectivity index (χ3v) is 5.87. The van der Waals surface area contributed by atoms with Gasteiger partial charge in [-0.15, -0.1) is 0 Å². The molecule has 3 atom stereocenters. The minimum atomic E-state index is -0.849. The van der Waals surface area contributed by atoms with E-state index in [4.69, 9.17) is 0 Å². The Morgan fingerprint density at radius 1 is 1.42 bits per heavy atom. The molecule has 3 unspecified atom stereocenters. The van der Waals surface area contributed by atoms with E-state index in [2.05, 4.69) is 5.32 Å². The molecule has 2 saturated carbocycles. The van der Waals surface area contributed by atoms with Crippen LogP contribution in [0.2, 0.25) is 0 Å². The predicted molar refractivity (Wildman–Crippen MR) is 76.1 cm³/mol. The standard InChI is InChI=1S/C14H24N2O2S/c1-10(9-19(2)18)16-12(11-5-3-4-6-11)15-14(7-8-14)13(16)17/h10-12,15H,3-9H2,1-2H3. The number of nitrogens with zero attached hydrogens (tertiary/aromatic N) is 1. The summed E-state index contributed by atoms with van der Waals surface area (Å²) in [5.41, 5.74) is -0.239. The first-order valence-electron chi connectivity index (χ1n) is 7.44. The first kappa shape index (κ1) is 13.6. The molecule has 5 heteroatoms. The predicted octanol–water partition coefficient (Wildman–Crippen LogP) is 1.23. The first-order chi connectivity index (χ1) is 9.03. The molecule has 1 amide bonds. The highest BCUT2D eigenvalue weighted by atomic mass is 32.2. The monoisotopic (exact) mass is 284 g/mol. The van der Waals surface area contributed by atoms with Crippen molar-refractivity contribution in [1.82, 2.24) is 10.2 Å². The van der Waals surface area contributed by atoms with Crippen molar-refractivity contribution in [3.8, 4) is 0 Å². The summed E-state index contributed by atoms with van der Waals surface area (Å²) in [5, 5.41) is 3.61. The highest BCUT2D eigenvalue weighted by Crippen LogP contribution is 2.46. The molecule has 0 aromatic carbocycles. The summed E-state index contributed by atoms with van der Waals surface area (Å²) in [6, 6.07) is 0.0800. The quantitative estimate of drug-likeness (QED) is 0.845. The molecule has 1 saturated heterocycles. The zero-order chi connectivity index (χ0) is 13.6. The molecule has 0 bridgehead atoms. The second-order valence-corrected chi connectivity index (χ2v) is 8.00. The van der Waals surface area contributed by atoms with Gasteiger partial charge in [0, 0.05) is 28.9 Å². The van der Waals surface area contributed by atoms with E-state index in [9.17, 15) is 9.00 Å². The molecule has 3 fully saturated rings. The van der Waals surface area contributed by atoms with E-state index in [0.717, 1.165) is 12.8 Å². The third-order valence-electron chi connectivity index (χ3n) is 4.91. The van der Waals surface area contributed by atoms with E-state index in [1.54, 1.807) is 6.26 Å². The van der Waals surface area contributed by atoms with Crippen molar-refractivity contribution in [2.45, 2.75) is 63.2 Å². The molecule has 1 aliphatic heterocycles. The van der Waals surface area contributed by atoms with Crippen molar-refractivity contribution in [3.63, 3.8) is 0 Å². The van der Waals surface area contributed by atoms with Gasteiger partial charge >= 0.3 is 0 Å².